The van der Waals surface area contributed by atoms with Crippen molar-refractivity contribution in [1.29, 1.82) is 0 Å². The molecule has 44 heavy (non-hydrogen) atoms. The third-order valence-corrected chi connectivity index (χ3v) is 9.73. The zero-order valence-electron chi connectivity index (χ0n) is 24.9. The Bertz CT molecular complexity index is 1580. The third-order valence-electron chi connectivity index (χ3n) is 7.95. The molecule has 1 atom stereocenters. The molecule has 7 nitrogen and oxygen atoms in total. The van der Waals surface area contributed by atoms with Gasteiger partial charge in [-0.1, -0.05) is 47.5 Å². The lowest BCUT2D eigenvalue weighted by Crippen LogP contribution is -2.39. The van der Waals surface area contributed by atoms with Gasteiger partial charge in [-0.3, -0.25) is 9.59 Å². The maximum Gasteiger partial charge on any atom is 0.233 e. The van der Waals surface area contributed by atoms with Crippen LogP contribution in [0.5, 0.6) is 0 Å². The highest BCUT2D eigenvalue weighted by Gasteiger charge is 2.26. The molecule has 1 unspecified atom stereocenters. The Hall–Kier alpha value is -3.33. The van der Waals surface area contributed by atoms with Crippen LogP contribution in [-0.4, -0.2) is 53.6 Å². The van der Waals surface area contributed by atoms with Crippen molar-refractivity contribution in [1.82, 2.24) is 15.3 Å². The fourth-order valence-electron chi connectivity index (χ4n) is 5.44. The van der Waals surface area contributed by atoms with E-state index in [4.69, 9.17) is 33.2 Å². The number of hydrogen-bond donors (Lipinski definition) is 2. The molecule has 230 valence electrons. The van der Waals surface area contributed by atoms with Gasteiger partial charge >= 0.3 is 0 Å². The number of fused-ring (bicyclic) bond motifs is 1. The number of rotatable bonds is 12. The number of nitrogens with zero attached hydrogens (tertiary/aromatic N) is 3. The minimum absolute atomic E-state index is 0.0784. The normalized spacial score (nSPS) is 17.2. The number of hydrogen-bond acceptors (Lipinski definition) is 7. The molecule has 10 heteroatoms. The van der Waals surface area contributed by atoms with E-state index >= 15 is 0 Å². The lowest BCUT2D eigenvalue weighted by atomic mass is 9.86. The van der Waals surface area contributed by atoms with Crippen molar-refractivity contribution in [2.24, 2.45) is 5.92 Å². The number of benzene rings is 3. The second kappa shape index (κ2) is 15.1. The Kier molecular flexibility index (Phi) is 11.0. The molecule has 5 rings (SSSR count). The maximum atomic E-state index is 13.4. The summed E-state index contributed by atoms with van der Waals surface area (Å²) in [5, 5.41) is 8.47. The van der Waals surface area contributed by atoms with E-state index in [9.17, 15) is 9.59 Å². The summed E-state index contributed by atoms with van der Waals surface area (Å²) in [6.45, 7) is 0.593. The molecule has 1 fully saturated rings. The monoisotopic (exact) mass is 649 g/mol. The molecule has 0 radical (unpaired) electrons. The molecule has 0 bridgehead atoms. The highest BCUT2D eigenvalue weighted by atomic mass is 35.5. The number of carbonyl (C=O) groups is 2. The summed E-state index contributed by atoms with van der Waals surface area (Å²) in [4.78, 5) is 38.1. The second-order valence-corrected chi connectivity index (χ2v) is 13.5. The minimum Gasteiger partial charge on any atom is -0.362 e. The van der Waals surface area contributed by atoms with Gasteiger partial charge in [0.05, 0.1) is 10.8 Å². The van der Waals surface area contributed by atoms with Gasteiger partial charge in [0.1, 0.15) is 5.82 Å². The number of para-hydroxylation sites is 1. The van der Waals surface area contributed by atoms with Crippen LogP contribution in [0.4, 0.5) is 11.8 Å². The van der Waals surface area contributed by atoms with Gasteiger partial charge in [0, 0.05) is 59.9 Å². The van der Waals surface area contributed by atoms with Crippen molar-refractivity contribution in [2.75, 3.05) is 30.9 Å². The van der Waals surface area contributed by atoms with Crippen LogP contribution in [0.2, 0.25) is 10.0 Å². The van der Waals surface area contributed by atoms with Gasteiger partial charge in [0.25, 0.3) is 0 Å². The van der Waals surface area contributed by atoms with Gasteiger partial charge in [-0.25, -0.2) is 4.98 Å². The van der Waals surface area contributed by atoms with Crippen molar-refractivity contribution in [2.45, 2.75) is 49.1 Å². The maximum absolute atomic E-state index is 13.4. The van der Waals surface area contributed by atoms with Crippen molar-refractivity contribution in [3.8, 4) is 0 Å². The molecule has 0 aliphatic heterocycles. The molecule has 1 aliphatic carbocycles. The number of thioether (sulfide) groups is 1. The fraction of sp³-hybridized carbons (Fsp3) is 0.353. The molecule has 3 aromatic carbocycles. The van der Waals surface area contributed by atoms with E-state index in [1.165, 1.54) is 11.8 Å². The average molecular weight is 651 g/mol. The molecule has 1 saturated carbocycles. The largest absolute Gasteiger partial charge is 0.362 e. The predicted molar refractivity (Wildman–Crippen MR) is 183 cm³/mol. The Morgan fingerprint density at radius 3 is 2.25 bits per heavy atom. The van der Waals surface area contributed by atoms with Crippen molar-refractivity contribution in [3.05, 3.63) is 94.0 Å². The van der Waals surface area contributed by atoms with E-state index in [-0.39, 0.29) is 24.2 Å². The molecule has 1 aliphatic rings. The minimum atomic E-state index is -0.511. The number of aromatic nitrogens is 2. The van der Waals surface area contributed by atoms with Crippen molar-refractivity contribution in [3.63, 3.8) is 0 Å². The summed E-state index contributed by atoms with van der Waals surface area (Å²) < 4.78 is 0. The molecular formula is C34H37Cl2N5O2S. The van der Waals surface area contributed by atoms with Gasteiger partial charge in [0.15, 0.2) is 5.78 Å². The summed E-state index contributed by atoms with van der Waals surface area (Å²) in [5.74, 6) is 2.34. The Labute approximate surface area is 273 Å². The Morgan fingerprint density at radius 2 is 1.57 bits per heavy atom. The first-order valence-corrected chi connectivity index (χ1v) is 16.7. The third kappa shape index (κ3) is 8.65. The van der Waals surface area contributed by atoms with E-state index in [2.05, 4.69) is 10.6 Å². The first-order valence-electron chi connectivity index (χ1n) is 14.9. The Balaban J connectivity index is 1.15. The van der Waals surface area contributed by atoms with Crippen LogP contribution in [0.25, 0.3) is 10.9 Å². The number of amides is 1. The molecular weight excluding hydrogens is 613 g/mol. The van der Waals surface area contributed by atoms with Crippen molar-refractivity contribution >= 4 is 69.3 Å². The van der Waals surface area contributed by atoms with Crippen LogP contribution >= 0.6 is 35.0 Å². The van der Waals surface area contributed by atoms with Gasteiger partial charge in [0.2, 0.25) is 11.9 Å². The van der Waals surface area contributed by atoms with E-state index < -0.39 is 5.25 Å². The zero-order chi connectivity index (χ0) is 31.1. The van der Waals surface area contributed by atoms with E-state index in [1.54, 1.807) is 24.3 Å². The van der Waals surface area contributed by atoms with Crippen LogP contribution in [-0.2, 0) is 10.5 Å². The molecule has 1 amide bonds. The Morgan fingerprint density at radius 1 is 0.909 bits per heavy atom. The number of halogens is 2. The molecule has 2 N–H and O–H groups in total. The lowest BCUT2D eigenvalue weighted by molar-refractivity contribution is -0.120. The van der Waals surface area contributed by atoms with E-state index in [0.29, 0.717) is 39.8 Å². The quantitative estimate of drug-likeness (QED) is 0.152. The number of carbonyl (C=O) groups excluding carboxylic acids is 2. The number of anilines is 2. The average Bonchev–Trinajstić information content (AvgIpc) is 3.03. The molecule has 1 heterocycles. The summed E-state index contributed by atoms with van der Waals surface area (Å²) in [5.41, 5.74) is 2.52. The number of ketones is 1. The standard InChI is InChI=1S/C34H37Cl2N5O2S/c1-41(2)32-28-5-3-4-6-29(28)39-34(40-32)38-27-17-9-22(10-18-27)20-37-33(43)31(44-21-23-7-13-25(35)14-8-23)19-30(42)24-11-15-26(36)16-12-24/h3-8,11-16,22,27,31H,9-10,17-21H2,1-2H3,(H,37,43)(H,38,39,40). The van der Waals surface area contributed by atoms with Crippen LogP contribution in [0.3, 0.4) is 0 Å². The molecule has 0 spiro atoms. The number of Topliss-reactive ketones (excluding diaryl/α,β-unsaturated/α-hetero) is 1. The smallest absolute Gasteiger partial charge is 0.233 e. The molecule has 1 aromatic heterocycles. The SMILES string of the molecule is CN(C)c1nc(NC2CCC(CNC(=O)C(CC(=O)c3ccc(Cl)cc3)SCc3ccc(Cl)cc3)CC2)nc2ccccc12. The summed E-state index contributed by atoms with van der Waals surface area (Å²) in [7, 11) is 3.98. The molecule has 0 saturated heterocycles. The fourth-order valence-corrected chi connectivity index (χ4v) is 6.79. The topological polar surface area (TPSA) is 87.2 Å². The first-order chi connectivity index (χ1) is 21.2. The predicted octanol–water partition coefficient (Wildman–Crippen LogP) is 7.66. The summed E-state index contributed by atoms with van der Waals surface area (Å²) in [6, 6.07) is 22.7. The van der Waals surface area contributed by atoms with E-state index in [1.807, 2.05) is 67.5 Å². The van der Waals surface area contributed by atoms with Crippen molar-refractivity contribution < 1.29 is 9.59 Å². The van der Waals surface area contributed by atoms with Gasteiger partial charge in [-0.05, 0) is 85.7 Å². The highest BCUT2D eigenvalue weighted by Crippen LogP contribution is 2.29. The first kappa shape index (κ1) is 32.1. The van der Waals surface area contributed by atoms with Gasteiger partial charge < -0.3 is 15.5 Å². The highest BCUT2D eigenvalue weighted by molar-refractivity contribution is 7.99. The van der Waals surface area contributed by atoms with Crippen LogP contribution < -0.4 is 15.5 Å². The summed E-state index contributed by atoms with van der Waals surface area (Å²) in [6.07, 6.45) is 4.02. The van der Waals surface area contributed by atoms with Gasteiger partial charge in [-0.2, -0.15) is 4.98 Å². The van der Waals surface area contributed by atoms with Gasteiger partial charge in [-0.15, -0.1) is 11.8 Å². The number of nitrogens with one attached hydrogen (secondary N) is 2. The van der Waals surface area contributed by atoms with Crippen LogP contribution in [0, 0.1) is 5.92 Å². The van der Waals surface area contributed by atoms with Crippen LogP contribution in [0.1, 0.15) is 48.0 Å². The zero-order valence-corrected chi connectivity index (χ0v) is 27.3. The summed E-state index contributed by atoms with van der Waals surface area (Å²) >= 11 is 13.5. The van der Waals surface area contributed by atoms with Crippen LogP contribution in [0.15, 0.2) is 72.8 Å². The van der Waals surface area contributed by atoms with E-state index in [0.717, 1.165) is 48.0 Å². The second-order valence-electron chi connectivity index (χ2n) is 11.4. The lowest BCUT2D eigenvalue weighted by Gasteiger charge is -2.30. The molecule has 4 aromatic rings.